The molecule has 2 rings (SSSR count). The lowest BCUT2D eigenvalue weighted by atomic mass is 9.99. The van der Waals surface area contributed by atoms with Crippen LogP contribution in [0.5, 0.6) is 0 Å². The SMILES string of the molecule is CCC(N)C(c1ccccn1)N1CCN(C(C)CC)CC1. The summed E-state index contributed by atoms with van der Waals surface area (Å²) in [5.41, 5.74) is 7.52. The van der Waals surface area contributed by atoms with Crippen molar-refractivity contribution in [3.05, 3.63) is 30.1 Å². The molecular formula is C17H30N4. The molecule has 0 aliphatic carbocycles. The summed E-state index contributed by atoms with van der Waals surface area (Å²) >= 11 is 0. The van der Waals surface area contributed by atoms with Gasteiger partial charge in [0.25, 0.3) is 0 Å². The smallest absolute Gasteiger partial charge is 0.0674 e. The molecule has 1 aliphatic rings. The summed E-state index contributed by atoms with van der Waals surface area (Å²) in [5.74, 6) is 0. The monoisotopic (exact) mass is 290 g/mol. The maximum atomic E-state index is 6.41. The Bertz CT molecular complexity index is 401. The van der Waals surface area contributed by atoms with Gasteiger partial charge in [0, 0.05) is 44.5 Å². The van der Waals surface area contributed by atoms with Gasteiger partial charge in [-0.25, -0.2) is 0 Å². The fourth-order valence-corrected chi connectivity index (χ4v) is 3.17. The second kappa shape index (κ2) is 7.87. The van der Waals surface area contributed by atoms with Gasteiger partial charge in [0.15, 0.2) is 0 Å². The highest BCUT2D eigenvalue weighted by molar-refractivity contribution is 5.12. The van der Waals surface area contributed by atoms with Crippen LogP contribution in [-0.2, 0) is 0 Å². The molecule has 21 heavy (non-hydrogen) atoms. The average Bonchev–Trinajstić information content (AvgIpc) is 2.55. The summed E-state index contributed by atoms with van der Waals surface area (Å²) < 4.78 is 0. The summed E-state index contributed by atoms with van der Waals surface area (Å²) in [4.78, 5) is 9.67. The number of hydrogen-bond donors (Lipinski definition) is 1. The Kier molecular flexibility index (Phi) is 6.15. The molecule has 0 saturated carbocycles. The highest BCUT2D eigenvalue weighted by atomic mass is 15.3. The molecule has 0 amide bonds. The van der Waals surface area contributed by atoms with Gasteiger partial charge in [0.2, 0.25) is 0 Å². The Morgan fingerprint density at radius 3 is 2.29 bits per heavy atom. The predicted molar refractivity (Wildman–Crippen MR) is 88.1 cm³/mol. The molecule has 0 aromatic carbocycles. The molecule has 1 saturated heterocycles. The van der Waals surface area contributed by atoms with Crippen LogP contribution in [-0.4, -0.2) is 53.0 Å². The van der Waals surface area contributed by atoms with Gasteiger partial charge in [-0.15, -0.1) is 0 Å². The maximum Gasteiger partial charge on any atom is 0.0674 e. The van der Waals surface area contributed by atoms with Crippen molar-refractivity contribution in [2.24, 2.45) is 5.73 Å². The van der Waals surface area contributed by atoms with Crippen LogP contribution in [0.2, 0.25) is 0 Å². The fraction of sp³-hybridized carbons (Fsp3) is 0.706. The third kappa shape index (κ3) is 4.02. The van der Waals surface area contributed by atoms with Gasteiger partial charge >= 0.3 is 0 Å². The number of rotatable bonds is 6. The Morgan fingerprint density at radius 1 is 1.10 bits per heavy atom. The minimum absolute atomic E-state index is 0.148. The standard InChI is InChI=1S/C17H30N4/c1-4-14(3)20-10-12-21(13-11-20)17(15(18)5-2)16-8-6-7-9-19-16/h6-9,14-15,17H,4-5,10-13,18H2,1-3H3. The largest absolute Gasteiger partial charge is 0.326 e. The molecule has 3 atom stereocenters. The summed E-state index contributed by atoms with van der Waals surface area (Å²) in [7, 11) is 0. The lowest BCUT2D eigenvalue weighted by Crippen LogP contribution is -2.53. The predicted octanol–water partition coefficient (Wildman–Crippen LogP) is 2.28. The highest BCUT2D eigenvalue weighted by Gasteiger charge is 2.30. The summed E-state index contributed by atoms with van der Waals surface area (Å²) in [5, 5.41) is 0. The van der Waals surface area contributed by atoms with Crippen LogP contribution in [0.25, 0.3) is 0 Å². The van der Waals surface area contributed by atoms with Gasteiger partial charge in [-0.2, -0.15) is 0 Å². The van der Waals surface area contributed by atoms with Crippen LogP contribution in [0.15, 0.2) is 24.4 Å². The molecule has 4 heteroatoms. The zero-order valence-corrected chi connectivity index (χ0v) is 13.7. The van der Waals surface area contributed by atoms with Gasteiger partial charge in [-0.1, -0.05) is 19.9 Å². The molecule has 2 heterocycles. The normalized spacial score (nSPS) is 21.9. The second-order valence-corrected chi connectivity index (χ2v) is 6.10. The van der Waals surface area contributed by atoms with E-state index in [-0.39, 0.29) is 12.1 Å². The quantitative estimate of drug-likeness (QED) is 0.873. The summed E-state index contributed by atoms with van der Waals surface area (Å²) in [6.45, 7) is 11.2. The number of pyridine rings is 1. The zero-order valence-electron chi connectivity index (χ0n) is 13.7. The maximum absolute atomic E-state index is 6.41. The van der Waals surface area contributed by atoms with Crippen molar-refractivity contribution < 1.29 is 0 Å². The number of aromatic nitrogens is 1. The number of piperazine rings is 1. The van der Waals surface area contributed by atoms with Gasteiger partial charge in [-0.05, 0) is 31.9 Å². The molecule has 2 N–H and O–H groups in total. The van der Waals surface area contributed by atoms with E-state index in [1.54, 1.807) is 0 Å². The first kappa shape index (κ1) is 16.4. The van der Waals surface area contributed by atoms with Crippen molar-refractivity contribution in [2.75, 3.05) is 26.2 Å². The summed E-state index contributed by atoms with van der Waals surface area (Å²) in [6, 6.07) is 7.22. The molecule has 118 valence electrons. The van der Waals surface area contributed by atoms with E-state index < -0.39 is 0 Å². The van der Waals surface area contributed by atoms with Crippen LogP contribution < -0.4 is 5.73 Å². The van der Waals surface area contributed by atoms with Gasteiger partial charge in [0.05, 0.1) is 11.7 Å². The molecule has 1 aromatic heterocycles. The van der Waals surface area contributed by atoms with E-state index >= 15 is 0 Å². The molecule has 0 spiro atoms. The van der Waals surface area contributed by atoms with Gasteiger partial charge in [-0.3, -0.25) is 14.8 Å². The molecule has 1 aromatic rings. The lowest BCUT2D eigenvalue weighted by Gasteiger charge is -2.42. The van der Waals surface area contributed by atoms with Crippen molar-refractivity contribution in [1.29, 1.82) is 0 Å². The molecule has 1 fully saturated rings. The van der Waals surface area contributed by atoms with Crippen LogP contribution >= 0.6 is 0 Å². The van der Waals surface area contributed by atoms with E-state index in [2.05, 4.69) is 47.7 Å². The summed E-state index contributed by atoms with van der Waals surface area (Å²) in [6.07, 6.45) is 4.07. The fourth-order valence-electron chi connectivity index (χ4n) is 3.17. The Hall–Kier alpha value is -0.970. The Labute approximate surface area is 129 Å². The Morgan fingerprint density at radius 2 is 1.76 bits per heavy atom. The molecule has 4 nitrogen and oxygen atoms in total. The van der Waals surface area contributed by atoms with E-state index in [0.29, 0.717) is 6.04 Å². The van der Waals surface area contributed by atoms with Crippen LogP contribution in [0.4, 0.5) is 0 Å². The average molecular weight is 290 g/mol. The van der Waals surface area contributed by atoms with Crippen molar-refractivity contribution in [3.63, 3.8) is 0 Å². The molecular weight excluding hydrogens is 260 g/mol. The van der Waals surface area contributed by atoms with E-state index in [4.69, 9.17) is 5.73 Å². The lowest BCUT2D eigenvalue weighted by molar-refractivity contribution is 0.0614. The van der Waals surface area contributed by atoms with Crippen molar-refractivity contribution >= 4 is 0 Å². The zero-order chi connectivity index (χ0) is 15.2. The molecule has 0 bridgehead atoms. The van der Waals surface area contributed by atoms with E-state index in [1.165, 1.54) is 6.42 Å². The van der Waals surface area contributed by atoms with Crippen molar-refractivity contribution in [3.8, 4) is 0 Å². The Balaban J connectivity index is 2.06. The van der Waals surface area contributed by atoms with Gasteiger partial charge in [0.1, 0.15) is 0 Å². The number of hydrogen-bond acceptors (Lipinski definition) is 4. The molecule has 0 radical (unpaired) electrons. The molecule has 1 aliphatic heterocycles. The van der Waals surface area contributed by atoms with Gasteiger partial charge < -0.3 is 5.73 Å². The minimum atomic E-state index is 0.148. The van der Waals surface area contributed by atoms with Crippen molar-refractivity contribution in [2.45, 2.75) is 51.7 Å². The third-order valence-corrected chi connectivity index (χ3v) is 4.82. The van der Waals surface area contributed by atoms with E-state index in [9.17, 15) is 0 Å². The minimum Gasteiger partial charge on any atom is -0.326 e. The van der Waals surface area contributed by atoms with Crippen LogP contribution in [0.3, 0.4) is 0 Å². The second-order valence-electron chi connectivity index (χ2n) is 6.10. The van der Waals surface area contributed by atoms with Crippen LogP contribution in [0.1, 0.15) is 45.3 Å². The number of nitrogens with zero attached hydrogens (tertiary/aromatic N) is 3. The first-order chi connectivity index (χ1) is 10.2. The highest BCUT2D eigenvalue weighted by Crippen LogP contribution is 2.25. The van der Waals surface area contributed by atoms with E-state index in [0.717, 1.165) is 38.3 Å². The topological polar surface area (TPSA) is 45.4 Å². The first-order valence-corrected chi connectivity index (χ1v) is 8.32. The van der Waals surface area contributed by atoms with Crippen molar-refractivity contribution in [1.82, 2.24) is 14.8 Å². The first-order valence-electron chi connectivity index (χ1n) is 8.32. The van der Waals surface area contributed by atoms with Crippen LogP contribution in [0, 0.1) is 0 Å². The molecule has 3 unspecified atom stereocenters. The third-order valence-electron chi connectivity index (χ3n) is 4.82. The van der Waals surface area contributed by atoms with E-state index in [1.807, 2.05) is 12.3 Å². The number of nitrogens with two attached hydrogens (primary N) is 1.